The summed E-state index contributed by atoms with van der Waals surface area (Å²) in [5, 5.41) is 5.12. The number of hydrogen-bond acceptors (Lipinski definition) is 6. The maximum absolute atomic E-state index is 11.0. The average molecular weight is 243 g/mol. The molecule has 1 aromatic rings. The smallest absolute Gasteiger partial charge is 0.311 e. The second-order valence-corrected chi connectivity index (χ2v) is 4.02. The zero-order chi connectivity index (χ0) is 12.1. The summed E-state index contributed by atoms with van der Waals surface area (Å²) in [5.74, 6) is -0.801. The van der Waals surface area contributed by atoms with Crippen LogP contribution >= 0.6 is 11.3 Å². The maximum Gasteiger partial charge on any atom is 0.311 e. The number of nitrogens with zero attached hydrogens (tertiary/aromatic N) is 1. The molecular weight excluding hydrogens is 230 g/mol. The average Bonchev–Trinajstić information content (AvgIpc) is 2.65. The van der Waals surface area contributed by atoms with Crippen LogP contribution in [0.3, 0.4) is 0 Å². The van der Waals surface area contributed by atoms with Crippen LogP contribution in [0.4, 0.5) is 5.13 Å². The number of ether oxygens (including phenoxy) is 1. The van der Waals surface area contributed by atoms with Crippen molar-refractivity contribution in [3.8, 4) is 0 Å². The molecule has 16 heavy (non-hydrogen) atoms. The van der Waals surface area contributed by atoms with Gasteiger partial charge in [-0.3, -0.25) is 9.59 Å². The van der Waals surface area contributed by atoms with Crippen LogP contribution in [0.15, 0.2) is 5.38 Å². The topological polar surface area (TPSA) is 94.3 Å². The van der Waals surface area contributed by atoms with Gasteiger partial charge in [0.15, 0.2) is 5.13 Å². The monoisotopic (exact) mass is 243 g/mol. The van der Waals surface area contributed by atoms with Gasteiger partial charge in [-0.1, -0.05) is 0 Å². The highest BCUT2D eigenvalue weighted by molar-refractivity contribution is 7.13. The Bertz CT molecular complexity index is 391. The Labute approximate surface area is 96.8 Å². The highest BCUT2D eigenvalue weighted by Crippen LogP contribution is 2.16. The summed E-state index contributed by atoms with van der Waals surface area (Å²) in [6.45, 7) is 1.64. The third kappa shape index (κ3) is 3.50. The lowest BCUT2D eigenvalue weighted by atomic mass is 10.3. The molecule has 0 aromatic carbocycles. The summed E-state index contributed by atoms with van der Waals surface area (Å²) in [6, 6.07) is -0.489. The fraction of sp³-hybridized carbons (Fsp3) is 0.444. The van der Waals surface area contributed by atoms with Crippen molar-refractivity contribution < 1.29 is 14.3 Å². The van der Waals surface area contributed by atoms with Crippen LogP contribution in [-0.4, -0.2) is 30.0 Å². The number of nitrogens with two attached hydrogens (primary N) is 1. The quantitative estimate of drug-likeness (QED) is 0.717. The first-order valence-electron chi connectivity index (χ1n) is 4.60. The van der Waals surface area contributed by atoms with Crippen molar-refractivity contribution in [3.05, 3.63) is 11.1 Å². The van der Waals surface area contributed by atoms with Crippen molar-refractivity contribution in [2.75, 3.05) is 12.4 Å². The highest BCUT2D eigenvalue weighted by Gasteiger charge is 2.12. The summed E-state index contributed by atoms with van der Waals surface area (Å²) in [6.07, 6.45) is 0.125. The zero-order valence-corrected chi connectivity index (χ0v) is 9.84. The molecule has 0 saturated carbocycles. The first-order valence-corrected chi connectivity index (χ1v) is 5.48. The second-order valence-electron chi connectivity index (χ2n) is 3.17. The van der Waals surface area contributed by atoms with Gasteiger partial charge in [0, 0.05) is 5.38 Å². The van der Waals surface area contributed by atoms with E-state index in [0.717, 1.165) is 0 Å². The first kappa shape index (κ1) is 12.4. The largest absolute Gasteiger partial charge is 0.469 e. The van der Waals surface area contributed by atoms with E-state index in [1.54, 1.807) is 12.3 Å². The first-order chi connectivity index (χ1) is 7.52. The van der Waals surface area contributed by atoms with Gasteiger partial charge in [0.05, 0.1) is 19.2 Å². The van der Waals surface area contributed by atoms with Crippen molar-refractivity contribution in [1.29, 1.82) is 0 Å². The van der Waals surface area contributed by atoms with Crippen molar-refractivity contribution in [3.63, 3.8) is 0 Å². The van der Waals surface area contributed by atoms with Gasteiger partial charge >= 0.3 is 5.97 Å². The molecule has 1 rings (SSSR count). The van der Waals surface area contributed by atoms with Crippen LogP contribution in [-0.2, 0) is 20.7 Å². The van der Waals surface area contributed by atoms with Crippen molar-refractivity contribution in [2.24, 2.45) is 5.73 Å². The van der Waals surface area contributed by atoms with Crippen LogP contribution in [0.2, 0.25) is 0 Å². The van der Waals surface area contributed by atoms with E-state index in [4.69, 9.17) is 5.73 Å². The van der Waals surface area contributed by atoms with Gasteiger partial charge in [0.2, 0.25) is 5.91 Å². The Morgan fingerprint density at radius 3 is 2.94 bits per heavy atom. The summed E-state index contributed by atoms with van der Waals surface area (Å²) < 4.78 is 4.51. The Kier molecular flexibility index (Phi) is 4.24. The third-order valence-corrected chi connectivity index (χ3v) is 2.69. The third-order valence-electron chi connectivity index (χ3n) is 1.87. The zero-order valence-electron chi connectivity index (χ0n) is 9.02. The lowest BCUT2D eigenvalue weighted by molar-refractivity contribution is -0.139. The molecule has 1 heterocycles. The second kappa shape index (κ2) is 5.45. The minimum atomic E-state index is -0.489. The van der Waals surface area contributed by atoms with Crippen molar-refractivity contribution in [2.45, 2.75) is 19.4 Å². The van der Waals surface area contributed by atoms with Gasteiger partial charge in [-0.15, -0.1) is 11.3 Å². The minimum Gasteiger partial charge on any atom is -0.469 e. The fourth-order valence-corrected chi connectivity index (χ4v) is 1.73. The van der Waals surface area contributed by atoms with E-state index >= 15 is 0 Å². The molecule has 1 unspecified atom stereocenters. The maximum atomic E-state index is 11.0. The summed E-state index contributed by atoms with van der Waals surface area (Å²) >= 11 is 1.31. The van der Waals surface area contributed by atoms with Gasteiger partial charge in [-0.25, -0.2) is 4.98 Å². The molecule has 88 valence electrons. The van der Waals surface area contributed by atoms with Crippen LogP contribution < -0.4 is 11.1 Å². The van der Waals surface area contributed by atoms with Crippen LogP contribution in [0, 0.1) is 0 Å². The van der Waals surface area contributed by atoms with Gasteiger partial charge < -0.3 is 15.8 Å². The number of esters is 1. The minimum absolute atomic E-state index is 0.125. The van der Waals surface area contributed by atoms with Gasteiger partial charge in [0.1, 0.15) is 6.04 Å². The number of primary amides is 1. The fourth-order valence-electron chi connectivity index (χ4n) is 0.931. The van der Waals surface area contributed by atoms with E-state index in [9.17, 15) is 9.59 Å². The molecule has 6 nitrogen and oxygen atoms in total. The van der Waals surface area contributed by atoms with Crippen molar-refractivity contribution in [1.82, 2.24) is 4.98 Å². The van der Waals surface area contributed by atoms with Crippen molar-refractivity contribution >= 4 is 28.3 Å². The normalized spacial score (nSPS) is 11.9. The summed E-state index contributed by atoms with van der Waals surface area (Å²) in [5.41, 5.74) is 5.70. The Morgan fingerprint density at radius 1 is 1.69 bits per heavy atom. The molecule has 7 heteroatoms. The number of thiazole rings is 1. The Hall–Kier alpha value is -1.63. The van der Waals surface area contributed by atoms with E-state index in [0.29, 0.717) is 10.8 Å². The molecule has 3 N–H and O–H groups in total. The lowest BCUT2D eigenvalue weighted by Crippen LogP contribution is -2.32. The van der Waals surface area contributed by atoms with E-state index in [1.807, 2.05) is 0 Å². The Morgan fingerprint density at radius 2 is 2.38 bits per heavy atom. The number of aromatic nitrogens is 1. The van der Waals surface area contributed by atoms with E-state index in [-0.39, 0.29) is 12.4 Å². The molecular formula is C9H13N3O3S. The molecule has 0 aliphatic heterocycles. The molecule has 0 aliphatic carbocycles. The predicted molar refractivity (Wildman–Crippen MR) is 60.1 cm³/mol. The summed E-state index contributed by atoms with van der Waals surface area (Å²) in [4.78, 5) is 25.9. The van der Waals surface area contributed by atoms with E-state index in [2.05, 4.69) is 15.0 Å². The number of amides is 1. The molecule has 1 aromatic heterocycles. The van der Waals surface area contributed by atoms with Crippen LogP contribution in [0.5, 0.6) is 0 Å². The SMILES string of the molecule is COC(=O)Cc1csc(NC(C)C(N)=O)n1. The number of hydrogen-bond donors (Lipinski definition) is 2. The van der Waals surface area contributed by atoms with E-state index in [1.165, 1.54) is 18.4 Å². The van der Waals surface area contributed by atoms with Crippen LogP contribution in [0.1, 0.15) is 12.6 Å². The van der Waals surface area contributed by atoms with Gasteiger partial charge in [-0.2, -0.15) is 0 Å². The molecule has 0 saturated heterocycles. The van der Waals surface area contributed by atoms with Crippen LogP contribution in [0.25, 0.3) is 0 Å². The number of nitrogens with one attached hydrogen (secondary N) is 1. The number of methoxy groups -OCH3 is 1. The number of carbonyl (C=O) groups excluding carboxylic acids is 2. The molecule has 0 aliphatic rings. The molecule has 1 amide bonds. The highest BCUT2D eigenvalue weighted by atomic mass is 32.1. The molecule has 0 radical (unpaired) electrons. The number of anilines is 1. The molecule has 0 bridgehead atoms. The standard InChI is InChI=1S/C9H13N3O3S/c1-5(8(10)14)11-9-12-6(4-16-9)3-7(13)15-2/h4-5H,3H2,1-2H3,(H2,10,14)(H,11,12). The van der Waals surface area contributed by atoms with E-state index < -0.39 is 11.9 Å². The van der Waals surface area contributed by atoms with Gasteiger partial charge in [-0.05, 0) is 6.92 Å². The Balaban J connectivity index is 2.58. The number of rotatable bonds is 5. The van der Waals surface area contributed by atoms with Gasteiger partial charge in [0.25, 0.3) is 0 Å². The lowest BCUT2D eigenvalue weighted by Gasteiger charge is -2.07. The summed E-state index contributed by atoms with van der Waals surface area (Å²) in [7, 11) is 1.32. The predicted octanol–water partition coefficient (Wildman–Crippen LogP) is 0.144. The number of carbonyl (C=O) groups is 2. The molecule has 0 spiro atoms. The molecule has 1 atom stereocenters. The molecule has 0 fully saturated rings.